The molecule has 0 amide bonds. The zero-order chi connectivity index (χ0) is 22.8. The summed E-state index contributed by atoms with van der Waals surface area (Å²) in [5.41, 5.74) is 1.85. The van der Waals surface area contributed by atoms with Crippen LogP contribution in [0.15, 0.2) is 24.3 Å². The van der Waals surface area contributed by atoms with Crippen LogP contribution in [0.2, 0.25) is 0 Å². The van der Waals surface area contributed by atoms with Crippen LogP contribution in [0, 0.1) is 11.8 Å². The number of cyclic esters (lactones) is 1. The van der Waals surface area contributed by atoms with Gasteiger partial charge in [-0.3, -0.25) is 4.79 Å². The predicted octanol–water partition coefficient (Wildman–Crippen LogP) is 2.41. The minimum atomic E-state index is -2.31. The van der Waals surface area contributed by atoms with Gasteiger partial charge in [-0.25, -0.2) is 0 Å². The lowest BCUT2D eigenvalue weighted by Crippen LogP contribution is -2.34. The maximum atomic E-state index is 12.8. The summed E-state index contributed by atoms with van der Waals surface area (Å²) in [6.07, 6.45) is -0.986. The molecule has 0 bridgehead atoms. The molecule has 158 valence electrons. The van der Waals surface area contributed by atoms with Crippen molar-refractivity contribution in [2.75, 3.05) is 34.7 Å². The molecule has 1 saturated heterocycles. The summed E-state index contributed by atoms with van der Waals surface area (Å²) in [6, 6.07) is 6.72. The third-order valence-electron chi connectivity index (χ3n) is 6.07. The van der Waals surface area contributed by atoms with Gasteiger partial charge < -0.3 is 33.5 Å². The number of hydrogen-bond acceptors (Lipinski definition) is 8. The molecule has 5 rings (SSSR count). The molecule has 2 heterocycles. The van der Waals surface area contributed by atoms with Crippen LogP contribution in [0.25, 0.3) is 0 Å². The van der Waals surface area contributed by atoms with E-state index in [0.717, 1.165) is 0 Å². The Bertz CT molecular complexity index is 1080. The summed E-state index contributed by atoms with van der Waals surface area (Å²) in [5, 5.41) is 11.1. The smallest absolute Gasteiger partial charge is 0.310 e. The molecule has 0 unspecified atom stereocenters. The minimum Gasteiger partial charge on any atom is -0.493 e. The Balaban J connectivity index is 1.73. The van der Waals surface area contributed by atoms with Crippen LogP contribution >= 0.6 is 0 Å². The van der Waals surface area contributed by atoms with Crippen LogP contribution in [-0.4, -0.2) is 45.8 Å². The van der Waals surface area contributed by atoms with Crippen LogP contribution in [0.1, 0.15) is 31.5 Å². The van der Waals surface area contributed by atoms with E-state index >= 15 is 0 Å². The minimum absolute atomic E-state index is 0.0836. The molecule has 3 aliphatic rings. The molecule has 30 heavy (non-hydrogen) atoms. The van der Waals surface area contributed by atoms with E-state index in [0.29, 0.717) is 33.9 Å². The molecule has 1 aliphatic carbocycles. The summed E-state index contributed by atoms with van der Waals surface area (Å²) in [6.45, 7) is -2.23. The Kier molecular flexibility index (Phi) is 3.87. The third-order valence-corrected chi connectivity index (χ3v) is 6.07. The second-order valence-electron chi connectivity index (χ2n) is 7.42. The summed E-state index contributed by atoms with van der Waals surface area (Å²) in [7, 11) is 4.52. The quantitative estimate of drug-likeness (QED) is 0.760. The Morgan fingerprint density at radius 1 is 0.967 bits per heavy atom. The predicted molar refractivity (Wildman–Crippen MR) is 103 cm³/mol. The molecule has 2 aromatic carbocycles. The first-order valence-electron chi connectivity index (χ1n) is 10.5. The Labute approximate surface area is 176 Å². The Morgan fingerprint density at radius 2 is 1.60 bits per heavy atom. The van der Waals surface area contributed by atoms with Crippen LogP contribution in [-0.2, 0) is 9.53 Å². The molecule has 2 aliphatic heterocycles. The zero-order valence-electron chi connectivity index (χ0n) is 18.6. The number of rotatable bonds is 4. The maximum Gasteiger partial charge on any atom is 0.310 e. The second kappa shape index (κ2) is 6.98. The molecule has 8 heteroatoms. The highest BCUT2D eigenvalue weighted by molar-refractivity contribution is 5.79. The van der Waals surface area contributed by atoms with E-state index < -0.39 is 36.6 Å². The molecule has 2 aromatic rings. The summed E-state index contributed by atoms with van der Waals surface area (Å²) >= 11 is 0. The number of benzene rings is 2. The van der Waals surface area contributed by atoms with Crippen molar-refractivity contribution in [3.05, 3.63) is 41.0 Å². The van der Waals surface area contributed by atoms with Crippen molar-refractivity contribution in [1.29, 1.82) is 0 Å². The monoisotopic (exact) mass is 416 g/mol. The van der Waals surface area contributed by atoms with Gasteiger partial charge in [0.1, 0.15) is 2.74 Å². The molecule has 1 fully saturated rings. The van der Waals surface area contributed by atoms with Crippen LogP contribution in [0.5, 0.6) is 28.7 Å². The number of methoxy groups -OCH3 is 3. The Hall–Kier alpha value is -3.13. The summed E-state index contributed by atoms with van der Waals surface area (Å²) in [4.78, 5) is 12.8. The first-order valence-corrected chi connectivity index (χ1v) is 9.48. The van der Waals surface area contributed by atoms with Crippen molar-refractivity contribution in [3.63, 3.8) is 0 Å². The van der Waals surface area contributed by atoms with Gasteiger partial charge in [0.05, 0.1) is 40.0 Å². The lowest BCUT2D eigenvalue weighted by molar-refractivity contribution is -0.141. The highest BCUT2D eigenvalue weighted by Gasteiger charge is 2.52. The molecule has 0 radical (unpaired) electrons. The van der Waals surface area contributed by atoms with E-state index in [4.69, 9.17) is 31.2 Å². The lowest BCUT2D eigenvalue weighted by Gasteiger charge is -2.37. The first kappa shape index (κ1) is 16.6. The van der Waals surface area contributed by atoms with Gasteiger partial charge in [-0.1, -0.05) is 0 Å². The third kappa shape index (κ3) is 2.60. The number of aliphatic hydroxyl groups excluding tert-OH is 1. The van der Waals surface area contributed by atoms with Crippen molar-refractivity contribution in [2.24, 2.45) is 11.8 Å². The van der Waals surface area contributed by atoms with Crippen molar-refractivity contribution in [1.82, 2.24) is 0 Å². The number of ether oxygens (including phenoxy) is 6. The average molecular weight is 416 g/mol. The fourth-order valence-electron chi connectivity index (χ4n) is 4.70. The van der Waals surface area contributed by atoms with Gasteiger partial charge >= 0.3 is 5.97 Å². The van der Waals surface area contributed by atoms with Gasteiger partial charge in [-0.05, 0) is 41.0 Å². The van der Waals surface area contributed by atoms with Gasteiger partial charge in [-0.2, -0.15) is 0 Å². The van der Waals surface area contributed by atoms with E-state index in [1.165, 1.54) is 21.3 Å². The number of hydrogen-bond donors (Lipinski definition) is 1. The number of esters is 1. The van der Waals surface area contributed by atoms with Crippen LogP contribution in [0.4, 0.5) is 0 Å². The van der Waals surface area contributed by atoms with E-state index in [1.807, 2.05) is 0 Å². The SMILES string of the molecule is [2H]C1([2H])Oc2cc3c(cc2O1)[C@H](O)[C@H]1COC(=O)[C@H]1[C@@H]3c1cc(OC)c(OC)c(OC)c1. The van der Waals surface area contributed by atoms with E-state index in [9.17, 15) is 9.90 Å². The normalized spacial score (nSPS) is 28.6. The fraction of sp³-hybridized carbons (Fsp3) is 0.409. The van der Waals surface area contributed by atoms with Gasteiger partial charge in [0.15, 0.2) is 23.0 Å². The van der Waals surface area contributed by atoms with E-state index in [1.54, 1.807) is 24.3 Å². The molecule has 4 atom stereocenters. The van der Waals surface area contributed by atoms with Crippen molar-refractivity contribution < 1.29 is 41.1 Å². The molecule has 0 aromatic heterocycles. The first-order chi connectivity index (χ1) is 15.3. The summed E-state index contributed by atoms with van der Waals surface area (Å²) in [5.74, 6) is -0.408. The van der Waals surface area contributed by atoms with Crippen LogP contribution < -0.4 is 23.7 Å². The number of carbonyl (C=O) groups is 1. The molecule has 0 saturated carbocycles. The van der Waals surface area contributed by atoms with Crippen molar-refractivity contribution in [3.8, 4) is 28.7 Å². The molecule has 1 N–H and O–H groups in total. The van der Waals surface area contributed by atoms with Gasteiger partial charge in [0.25, 0.3) is 0 Å². The fourth-order valence-corrected chi connectivity index (χ4v) is 4.70. The molecular weight excluding hydrogens is 392 g/mol. The van der Waals surface area contributed by atoms with Crippen molar-refractivity contribution in [2.45, 2.75) is 12.0 Å². The largest absolute Gasteiger partial charge is 0.493 e. The highest BCUT2D eigenvalue weighted by Crippen LogP contribution is 2.55. The topological polar surface area (TPSA) is 92.7 Å². The van der Waals surface area contributed by atoms with E-state index in [-0.39, 0.29) is 18.1 Å². The maximum absolute atomic E-state index is 12.8. The second-order valence-corrected chi connectivity index (χ2v) is 7.42. The highest BCUT2D eigenvalue weighted by atomic mass is 16.7. The zero-order valence-corrected chi connectivity index (χ0v) is 16.6. The van der Waals surface area contributed by atoms with Crippen molar-refractivity contribution >= 4 is 5.97 Å². The lowest BCUT2D eigenvalue weighted by atomic mass is 9.66. The molecular formula is C22H22O8. The van der Waals surface area contributed by atoms with Crippen LogP contribution in [0.3, 0.4) is 0 Å². The van der Waals surface area contributed by atoms with Gasteiger partial charge in [0, 0.05) is 11.8 Å². The number of carbonyl (C=O) groups excluding carboxylic acids is 1. The summed E-state index contributed by atoms with van der Waals surface area (Å²) < 4.78 is 47.8. The van der Waals surface area contributed by atoms with Gasteiger partial charge in [0.2, 0.25) is 12.5 Å². The standard InChI is InChI=1S/C22H22O8/c1-25-16-4-10(5-17(26-2)21(16)27-3)18-11-6-14-15(30-9-29-14)7-12(11)20(23)13-8-28-22(24)19(13)18/h4-7,13,18-20,23H,8-9H2,1-3H3/t13-,18+,19+,20-/m0/s1/i9D2. The van der Waals surface area contributed by atoms with Gasteiger partial charge in [-0.15, -0.1) is 0 Å². The number of fused-ring (bicyclic) bond motifs is 3. The Morgan fingerprint density at radius 3 is 2.20 bits per heavy atom. The average Bonchev–Trinajstić information content (AvgIpc) is 3.29. The molecule has 8 nitrogen and oxygen atoms in total. The molecule has 0 spiro atoms. The van der Waals surface area contributed by atoms with E-state index in [2.05, 4.69) is 0 Å². The number of aliphatic hydroxyl groups is 1.